The zero-order valence-corrected chi connectivity index (χ0v) is 13.6. The average Bonchev–Trinajstić information content (AvgIpc) is 2.97. The summed E-state index contributed by atoms with van der Waals surface area (Å²) in [5, 5.41) is 11.1. The molecule has 0 atom stereocenters. The van der Waals surface area contributed by atoms with E-state index in [4.69, 9.17) is 9.47 Å². The van der Waals surface area contributed by atoms with E-state index in [9.17, 15) is 14.9 Å². The van der Waals surface area contributed by atoms with Gasteiger partial charge in [0.15, 0.2) is 11.4 Å². The first-order valence-corrected chi connectivity index (χ1v) is 7.40. The van der Waals surface area contributed by atoms with Gasteiger partial charge in [-0.3, -0.25) is 10.1 Å². The molecular weight excluding hydrogens is 324 g/mol. The second-order valence-electron chi connectivity index (χ2n) is 5.39. The fourth-order valence-corrected chi connectivity index (χ4v) is 2.32. The Kier molecular flexibility index (Phi) is 4.30. The molecule has 2 aromatic rings. The van der Waals surface area contributed by atoms with E-state index in [1.54, 1.807) is 12.1 Å². The molecule has 7 heteroatoms. The highest BCUT2D eigenvalue weighted by Crippen LogP contribution is 2.29. The van der Waals surface area contributed by atoms with Crippen molar-refractivity contribution in [2.24, 2.45) is 4.99 Å². The molecule has 0 unspecified atom stereocenters. The lowest BCUT2D eigenvalue weighted by Gasteiger charge is -2.03. The molecule has 1 aliphatic rings. The van der Waals surface area contributed by atoms with Crippen LogP contribution in [0.5, 0.6) is 5.75 Å². The number of benzene rings is 2. The largest absolute Gasteiger partial charge is 0.490 e. The van der Waals surface area contributed by atoms with Crippen LogP contribution in [0.3, 0.4) is 0 Å². The molecule has 0 aromatic heterocycles. The third-order valence-corrected chi connectivity index (χ3v) is 3.62. The maximum atomic E-state index is 12.0. The number of hydrogen-bond acceptors (Lipinski definition) is 6. The van der Waals surface area contributed by atoms with Crippen LogP contribution in [0.1, 0.15) is 16.7 Å². The summed E-state index contributed by atoms with van der Waals surface area (Å²) in [5.41, 5.74) is 2.15. The number of aryl methyl sites for hydroxylation is 1. The van der Waals surface area contributed by atoms with Gasteiger partial charge in [-0.05, 0) is 30.7 Å². The summed E-state index contributed by atoms with van der Waals surface area (Å²) in [6, 6.07) is 11.8. The van der Waals surface area contributed by atoms with Crippen molar-refractivity contribution in [1.29, 1.82) is 0 Å². The molecule has 0 saturated carbocycles. The maximum Gasteiger partial charge on any atom is 0.363 e. The minimum absolute atomic E-state index is 0.0223. The highest BCUT2D eigenvalue weighted by Gasteiger charge is 2.26. The van der Waals surface area contributed by atoms with E-state index in [-0.39, 0.29) is 23.0 Å². The first kappa shape index (κ1) is 16.4. The molecule has 126 valence electrons. The van der Waals surface area contributed by atoms with Crippen LogP contribution in [0.4, 0.5) is 5.69 Å². The highest BCUT2D eigenvalue weighted by molar-refractivity contribution is 6.13. The van der Waals surface area contributed by atoms with Crippen LogP contribution < -0.4 is 4.74 Å². The maximum absolute atomic E-state index is 12.0. The highest BCUT2D eigenvalue weighted by atomic mass is 16.6. The van der Waals surface area contributed by atoms with Gasteiger partial charge >= 0.3 is 11.7 Å². The summed E-state index contributed by atoms with van der Waals surface area (Å²) in [6.45, 7) is 1.97. The van der Waals surface area contributed by atoms with Gasteiger partial charge in [0, 0.05) is 11.6 Å². The van der Waals surface area contributed by atoms with Gasteiger partial charge < -0.3 is 9.47 Å². The third-order valence-electron chi connectivity index (χ3n) is 3.62. The molecule has 0 radical (unpaired) electrons. The van der Waals surface area contributed by atoms with Crippen molar-refractivity contribution in [2.75, 3.05) is 7.11 Å². The lowest BCUT2D eigenvalue weighted by Crippen LogP contribution is -2.06. The Balaban J connectivity index is 1.96. The number of rotatable bonds is 4. The summed E-state index contributed by atoms with van der Waals surface area (Å²) in [4.78, 5) is 26.7. The van der Waals surface area contributed by atoms with E-state index in [0.29, 0.717) is 5.56 Å². The molecule has 25 heavy (non-hydrogen) atoms. The van der Waals surface area contributed by atoms with Crippen molar-refractivity contribution >= 4 is 23.6 Å². The van der Waals surface area contributed by atoms with Gasteiger partial charge in [0.2, 0.25) is 5.90 Å². The number of aliphatic imine (C=N–C) groups is 1. The van der Waals surface area contributed by atoms with Gasteiger partial charge in [-0.1, -0.05) is 29.8 Å². The topological polar surface area (TPSA) is 91.0 Å². The number of hydrogen-bond donors (Lipinski definition) is 0. The number of cyclic esters (lactones) is 1. The normalized spacial score (nSPS) is 15.0. The van der Waals surface area contributed by atoms with Gasteiger partial charge in [0.25, 0.3) is 0 Å². The first-order chi connectivity index (χ1) is 12.0. The Labute approximate surface area is 143 Å². The minimum atomic E-state index is -0.603. The van der Waals surface area contributed by atoms with E-state index < -0.39 is 10.9 Å². The molecule has 1 aliphatic heterocycles. The van der Waals surface area contributed by atoms with E-state index in [2.05, 4.69) is 4.99 Å². The SMILES string of the molecule is COc1ccc(C2=NC(=Cc3ccc(C)cc3)C(=O)O2)cc1[N+](=O)[O-]. The van der Waals surface area contributed by atoms with Gasteiger partial charge in [-0.2, -0.15) is 0 Å². The lowest BCUT2D eigenvalue weighted by atomic mass is 10.1. The summed E-state index contributed by atoms with van der Waals surface area (Å²) >= 11 is 0. The van der Waals surface area contributed by atoms with Crippen LogP contribution in [0, 0.1) is 17.0 Å². The van der Waals surface area contributed by atoms with E-state index in [1.807, 2.05) is 31.2 Å². The predicted octanol–water partition coefficient (Wildman–Crippen LogP) is 3.26. The molecule has 0 bridgehead atoms. The number of nitro benzene ring substituents is 1. The Morgan fingerprint density at radius 1 is 1.20 bits per heavy atom. The van der Waals surface area contributed by atoms with Crippen LogP contribution in [-0.4, -0.2) is 23.9 Å². The molecular formula is C18H14N2O5. The molecule has 1 heterocycles. The number of carbonyl (C=O) groups is 1. The van der Waals surface area contributed by atoms with Crippen molar-refractivity contribution in [2.45, 2.75) is 6.92 Å². The number of methoxy groups -OCH3 is 1. The van der Waals surface area contributed by atoms with Gasteiger partial charge in [0.1, 0.15) is 0 Å². The number of esters is 1. The Bertz CT molecular complexity index is 914. The summed E-state index contributed by atoms with van der Waals surface area (Å²) < 4.78 is 10.1. The lowest BCUT2D eigenvalue weighted by molar-refractivity contribution is -0.385. The monoisotopic (exact) mass is 338 g/mol. The Hall–Kier alpha value is -3.48. The van der Waals surface area contributed by atoms with Crippen molar-refractivity contribution in [3.05, 3.63) is 75.0 Å². The smallest absolute Gasteiger partial charge is 0.363 e. The van der Waals surface area contributed by atoms with Crippen molar-refractivity contribution in [3.8, 4) is 5.75 Å². The Morgan fingerprint density at radius 2 is 1.92 bits per heavy atom. The average molecular weight is 338 g/mol. The standard InChI is InChI=1S/C18H14N2O5/c1-11-3-5-12(6-4-11)9-14-18(21)25-17(19-14)13-7-8-16(24-2)15(10-13)20(22)23/h3-10H,1-2H3. The second-order valence-corrected chi connectivity index (χ2v) is 5.39. The molecule has 3 rings (SSSR count). The van der Waals surface area contributed by atoms with Crippen molar-refractivity contribution in [1.82, 2.24) is 0 Å². The number of nitro groups is 1. The van der Waals surface area contributed by atoms with Crippen LogP contribution in [0.2, 0.25) is 0 Å². The predicted molar refractivity (Wildman–Crippen MR) is 91.4 cm³/mol. The van der Waals surface area contributed by atoms with E-state index in [0.717, 1.165) is 11.1 Å². The van der Waals surface area contributed by atoms with E-state index in [1.165, 1.54) is 19.2 Å². The molecule has 2 aromatic carbocycles. The molecule has 0 N–H and O–H groups in total. The quantitative estimate of drug-likeness (QED) is 0.369. The number of nitrogens with zero attached hydrogens (tertiary/aromatic N) is 2. The minimum Gasteiger partial charge on any atom is -0.490 e. The summed E-state index contributed by atoms with van der Waals surface area (Å²) in [5.74, 6) is -0.461. The fourth-order valence-electron chi connectivity index (χ4n) is 2.32. The number of carbonyl (C=O) groups excluding carboxylic acids is 1. The molecule has 0 saturated heterocycles. The third kappa shape index (κ3) is 3.40. The second kappa shape index (κ2) is 6.56. The molecule has 0 spiro atoms. The van der Waals surface area contributed by atoms with Gasteiger partial charge in [0.05, 0.1) is 12.0 Å². The zero-order valence-electron chi connectivity index (χ0n) is 13.6. The Morgan fingerprint density at radius 3 is 2.56 bits per heavy atom. The molecule has 0 fully saturated rings. The van der Waals surface area contributed by atoms with Crippen molar-refractivity contribution in [3.63, 3.8) is 0 Å². The summed E-state index contributed by atoms with van der Waals surface area (Å²) in [6.07, 6.45) is 1.60. The summed E-state index contributed by atoms with van der Waals surface area (Å²) in [7, 11) is 1.34. The van der Waals surface area contributed by atoms with Crippen LogP contribution in [0.15, 0.2) is 53.2 Å². The molecule has 0 aliphatic carbocycles. The first-order valence-electron chi connectivity index (χ1n) is 7.40. The van der Waals surface area contributed by atoms with Gasteiger partial charge in [-0.25, -0.2) is 9.79 Å². The van der Waals surface area contributed by atoms with Crippen LogP contribution in [-0.2, 0) is 9.53 Å². The van der Waals surface area contributed by atoms with Crippen LogP contribution >= 0.6 is 0 Å². The van der Waals surface area contributed by atoms with Crippen molar-refractivity contribution < 1.29 is 19.2 Å². The van der Waals surface area contributed by atoms with Gasteiger partial charge in [-0.15, -0.1) is 0 Å². The van der Waals surface area contributed by atoms with Crippen LogP contribution in [0.25, 0.3) is 6.08 Å². The zero-order chi connectivity index (χ0) is 18.0. The molecule has 0 amide bonds. The number of ether oxygens (including phenoxy) is 2. The fraction of sp³-hybridized carbons (Fsp3) is 0.111. The van der Waals surface area contributed by atoms with E-state index >= 15 is 0 Å². The molecule has 7 nitrogen and oxygen atoms in total.